The maximum absolute atomic E-state index is 9.63. The SMILES string of the molecule is C=S(C)(=O)O.CCCCCN=C(N)N/N=C/c1c[nH]c2ccc(OC)cc12. The lowest BCUT2D eigenvalue weighted by atomic mass is 10.2. The van der Waals surface area contributed by atoms with Crippen molar-refractivity contribution in [2.24, 2.45) is 15.8 Å². The first-order valence-electron chi connectivity index (χ1n) is 8.53. The summed E-state index contributed by atoms with van der Waals surface area (Å²) in [5.74, 6) is 4.00. The monoisotopic (exact) mass is 395 g/mol. The number of hydrazone groups is 1. The van der Waals surface area contributed by atoms with Crippen molar-refractivity contribution in [3.63, 3.8) is 0 Å². The first-order chi connectivity index (χ1) is 12.7. The Kier molecular flexibility index (Phi) is 9.38. The Morgan fingerprint density at radius 3 is 2.81 bits per heavy atom. The Balaban J connectivity index is 0.000000646. The topological polar surface area (TPSA) is 125 Å². The van der Waals surface area contributed by atoms with Gasteiger partial charge in [0.2, 0.25) is 5.96 Å². The van der Waals surface area contributed by atoms with E-state index in [1.165, 1.54) is 6.42 Å². The zero-order chi connectivity index (χ0) is 20.3. The maximum Gasteiger partial charge on any atom is 0.209 e. The molecule has 5 N–H and O–H groups in total. The van der Waals surface area contributed by atoms with Crippen molar-refractivity contribution in [1.82, 2.24) is 10.4 Å². The van der Waals surface area contributed by atoms with Crippen molar-refractivity contribution in [2.75, 3.05) is 19.9 Å². The second kappa shape index (κ2) is 11.2. The van der Waals surface area contributed by atoms with Gasteiger partial charge in [0.05, 0.1) is 23.1 Å². The largest absolute Gasteiger partial charge is 0.497 e. The van der Waals surface area contributed by atoms with Crippen molar-refractivity contribution in [1.29, 1.82) is 0 Å². The van der Waals surface area contributed by atoms with Crippen LogP contribution in [-0.4, -0.2) is 51.7 Å². The molecule has 1 heterocycles. The Labute approximate surface area is 160 Å². The van der Waals surface area contributed by atoms with E-state index >= 15 is 0 Å². The van der Waals surface area contributed by atoms with E-state index in [4.69, 9.17) is 15.0 Å². The van der Waals surface area contributed by atoms with Crippen LogP contribution in [0.2, 0.25) is 0 Å². The highest BCUT2D eigenvalue weighted by molar-refractivity contribution is 7.94. The van der Waals surface area contributed by atoms with Gasteiger partial charge >= 0.3 is 0 Å². The van der Waals surface area contributed by atoms with E-state index in [9.17, 15) is 4.21 Å². The number of guanidine groups is 1. The molecule has 0 spiro atoms. The van der Waals surface area contributed by atoms with Crippen LogP contribution in [0.4, 0.5) is 0 Å². The molecule has 0 saturated carbocycles. The molecule has 1 aromatic carbocycles. The van der Waals surface area contributed by atoms with Crippen LogP contribution in [0.3, 0.4) is 0 Å². The van der Waals surface area contributed by atoms with Crippen molar-refractivity contribution >= 4 is 38.8 Å². The maximum atomic E-state index is 9.63. The lowest BCUT2D eigenvalue weighted by Crippen LogP contribution is -2.27. The van der Waals surface area contributed by atoms with Gasteiger partial charge in [-0.2, -0.15) is 5.10 Å². The molecule has 1 aromatic heterocycles. The van der Waals surface area contributed by atoms with E-state index in [0.29, 0.717) is 5.96 Å². The van der Waals surface area contributed by atoms with E-state index < -0.39 is 9.80 Å². The molecule has 2 aromatic rings. The number of nitrogens with one attached hydrogen (secondary N) is 2. The zero-order valence-corrected chi connectivity index (χ0v) is 16.9. The number of benzene rings is 1. The summed E-state index contributed by atoms with van der Waals surface area (Å²) in [5.41, 5.74) is 10.5. The molecular weight excluding hydrogens is 366 g/mol. The van der Waals surface area contributed by atoms with Gasteiger partial charge < -0.3 is 20.0 Å². The number of aromatic amines is 1. The number of aliphatic imine (C=N–C) groups is 1. The molecule has 8 nitrogen and oxygen atoms in total. The number of aromatic nitrogens is 1. The van der Waals surface area contributed by atoms with Gasteiger partial charge in [-0.1, -0.05) is 19.8 Å². The van der Waals surface area contributed by atoms with Crippen LogP contribution in [0.5, 0.6) is 5.75 Å². The van der Waals surface area contributed by atoms with Crippen LogP contribution in [0, 0.1) is 0 Å². The number of nitrogens with zero attached hydrogens (tertiary/aromatic N) is 2. The zero-order valence-electron chi connectivity index (χ0n) is 16.1. The molecule has 0 radical (unpaired) electrons. The number of ether oxygens (including phenoxy) is 1. The van der Waals surface area contributed by atoms with Gasteiger partial charge in [0, 0.05) is 35.5 Å². The van der Waals surface area contributed by atoms with Crippen molar-refractivity contribution < 1.29 is 13.5 Å². The van der Waals surface area contributed by atoms with Gasteiger partial charge in [-0.05, 0) is 30.5 Å². The fourth-order valence-electron chi connectivity index (χ4n) is 2.12. The first-order valence-corrected chi connectivity index (χ1v) is 10.6. The molecule has 0 amide bonds. The Bertz CT molecular complexity index is 864. The molecule has 0 aliphatic rings. The fraction of sp³-hybridized carbons (Fsp3) is 0.389. The predicted octanol–water partition coefficient (Wildman–Crippen LogP) is 2.41. The molecule has 1 atom stereocenters. The molecule has 27 heavy (non-hydrogen) atoms. The summed E-state index contributed by atoms with van der Waals surface area (Å²) >= 11 is 0. The molecular formula is C18H29N5O3S. The number of rotatable bonds is 7. The number of methoxy groups -OCH3 is 1. The van der Waals surface area contributed by atoms with E-state index in [-0.39, 0.29) is 0 Å². The van der Waals surface area contributed by atoms with Crippen LogP contribution in [0.15, 0.2) is 34.5 Å². The number of hydrogen-bond donors (Lipinski definition) is 4. The highest BCUT2D eigenvalue weighted by Crippen LogP contribution is 2.22. The summed E-state index contributed by atoms with van der Waals surface area (Å²) in [7, 11) is -1.02. The summed E-state index contributed by atoms with van der Waals surface area (Å²) < 4.78 is 22.8. The smallest absolute Gasteiger partial charge is 0.209 e. The summed E-state index contributed by atoms with van der Waals surface area (Å²) in [6.45, 7) is 2.89. The normalized spacial score (nSPS) is 13.9. The number of hydrogen-bond acceptors (Lipinski definition) is 4. The van der Waals surface area contributed by atoms with Gasteiger partial charge in [-0.3, -0.25) is 4.99 Å². The standard InChI is InChI=1S/C16H23N5O.C2H6O2S/c1-3-4-5-8-18-16(17)21-20-11-12-10-19-15-7-6-13(22-2)9-14(12)15;1-5(2,3)4/h6-7,9-11,19H,3-5,8H2,1-2H3,(H3,17,18,21);1H2,2H3,(H,3,4)/b20-11+;. The third kappa shape index (κ3) is 9.66. The lowest BCUT2D eigenvalue weighted by Gasteiger charge is -2.00. The van der Waals surface area contributed by atoms with Crippen molar-refractivity contribution in [2.45, 2.75) is 26.2 Å². The summed E-state index contributed by atoms with van der Waals surface area (Å²) in [4.78, 5) is 7.40. The number of nitrogens with two attached hydrogens (primary N) is 1. The highest BCUT2D eigenvalue weighted by atomic mass is 32.2. The minimum absolute atomic E-state index is 0.338. The second-order valence-electron chi connectivity index (χ2n) is 5.96. The van der Waals surface area contributed by atoms with Crippen LogP contribution >= 0.6 is 0 Å². The Morgan fingerprint density at radius 2 is 2.19 bits per heavy atom. The Morgan fingerprint density at radius 1 is 1.48 bits per heavy atom. The quantitative estimate of drug-likeness (QED) is 0.188. The summed E-state index contributed by atoms with van der Waals surface area (Å²) in [6, 6.07) is 5.86. The molecule has 0 saturated heterocycles. The summed E-state index contributed by atoms with van der Waals surface area (Å²) in [6.07, 6.45) is 8.15. The average molecular weight is 396 g/mol. The van der Waals surface area contributed by atoms with Gasteiger partial charge in [-0.15, -0.1) is 0 Å². The number of unbranched alkanes of at least 4 members (excludes halogenated alkanes) is 2. The molecule has 0 aliphatic heterocycles. The van der Waals surface area contributed by atoms with Crippen molar-refractivity contribution in [3.05, 3.63) is 30.0 Å². The van der Waals surface area contributed by atoms with E-state index in [1.54, 1.807) is 13.3 Å². The van der Waals surface area contributed by atoms with Gasteiger partial charge in [0.15, 0.2) is 0 Å². The van der Waals surface area contributed by atoms with Gasteiger partial charge in [0.25, 0.3) is 0 Å². The number of H-pyrrole nitrogens is 1. The van der Waals surface area contributed by atoms with Gasteiger partial charge in [-0.25, -0.2) is 9.63 Å². The average Bonchev–Trinajstić information content (AvgIpc) is 2.99. The van der Waals surface area contributed by atoms with E-state index in [2.05, 4.69) is 33.3 Å². The molecule has 0 fully saturated rings. The van der Waals surface area contributed by atoms with Crippen LogP contribution in [-0.2, 0) is 9.80 Å². The molecule has 0 aliphatic carbocycles. The predicted molar refractivity (Wildman–Crippen MR) is 115 cm³/mol. The van der Waals surface area contributed by atoms with E-state index in [0.717, 1.165) is 47.9 Å². The highest BCUT2D eigenvalue weighted by Gasteiger charge is 2.03. The van der Waals surface area contributed by atoms with Crippen LogP contribution < -0.4 is 15.9 Å². The van der Waals surface area contributed by atoms with Crippen LogP contribution in [0.25, 0.3) is 10.9 Å². The Hall–Kier alpha value is -2.52. The molecule has 9 heteroatoms. The molecule has 1 unspecified atom stereocenters. The minimum atomic E-state index is -2.67. The third-order valence-corrected chi connectivity index (χ3v) is 3.35. The first kappa shape index (κ1) is 22.5. The molecule has 2 rings (SSSR count). The molecule has 0 bridgehead atoms. The number of fused-ring (bicyclic) bond motifs is 1. The van der Waals surface area contributed by atoms with Crippen molar-refractivity contribution in [3.8, 4) is 5.75 Å². The fourth-order valence-corrected chi connectivity index (χ4v) is 2.12. The van der Waals surface area contributed by atoms with Crippen LogP contribution in [0.1, 0.15) is 31.7 Å². The molecule has 150 valence electrons. The van der Waals surface area contributed by atoms with Gasteiger partial charge in [0.1, 0.15) is 5.75 Å². The summed E-state index contributed by atoms with van der Waals surface area (Å²) in [5, 5.41) is 5.17. The lowest BCUT2D eigenvalue weighted by molar-refractivity contribution is 0.415. The second-order valence-corrected chi connectivity index (χ2v) is 7.88. The van der Waals surface area contributed by atoms with E-state index in [1.807, 2.05) is 24.4 Å². The third-order valence-electron chi connectivity index (χ3n) is 3.35. The minimum Gasteiger partial charge on any atom is -0.497 e.